The highest BCUT2D eigenvalue weighted by Crippen LogP contribution is 2.20. The lowest BCUT2D eigenvalue weighted by atomic mass is 10.1. The minimum atomic E-state index is -0.606. The van der Waals surface area contributed by atoms with Gasteiger partial charge in [0, 0.05) is 22.7 Å². The first kappa shape index (κ1) is 23.2. The van der Waals surface area contributed by atoms with Crippen LogP contribution in [0.25, 0.3) is 0 Å². The van der Waals surface area contributed by atoms with Gasteiger partial charge in [-0.1, -0.05) is 36.7 Å². The lowest BCUT2D eigenvalue weighted by Crippen LogP contribution is -2.16. The molecule has 0 aliphatic rings. The van der Waals surface area contributed by atoms with Crippen molar-refractivity contribution < 1.29 is 19.1 Å². The maximum Gasteiger partial charge on any atom is 0.342 e. The van der Waals surface area contributed by atoms with Gasteiger partial charge in [-0.15, -0.1) is 0 Å². The van der Waals surface area contributed by atoms with E-state index >= 15 is 0 Å². The van der Waals surface area contributed by atoms with Crippen LogP contribution in [0.5, 0.6) is 0 Å². The summed E-state index contributed by atoms with van der Waals surface area (Å²) in [7, 11) is 0. The zero-order valence-electron chi connectivity index (χ0n) is 18.1. The van der Waals surface area contributed by atoms with Crippen LogP contribution >= 0.6 is 11.6 Å². The summed E-state index contributed by atoms with van der Waals surface area (Å²) in [5.41, 5.74) is 3.35. The summed E-state index contributed by atoms with van der Waals surface area (Å²) in [6.45, 7) is 5.27. The Labute approximate surface area is 191 Å². The molecular formula is C24H24ClN3O4. The summed E-state index contributed by atoms with van der Waals surface area (Å²) < 4.78 is 6.96. The Kier molecular flexibility index (Phi) is 7.43. The van der Waals surface area contributed by atoms with E-state index in [1.807, 2.05) is 18.2 Å². The van der Waals surface area contributed by atoms with Gasteiger partial charge in [-0.05, 0) is 49.7 Å². The summed E-state index contributed by atoms with van der Waals surface area (Å²) in [5.74, 6) is -1.06. The molecule has 32 heavy (non-hydrogen) atoms. The number of aryl methyl sites for hydroxylation is 1. The molecule has 0 unspecified atom stereocenters. The number of halogens is 1. The Balaban J connectivity index is 1.65. The molecule has 3 aromatic rings. The lowest BCUT2D eigenvalue weighted by Gasteiger charge is -2.08. The van der Waals surface area contributed by atoms with Crippen LogP contribution in [0, 0.1) is 13.8 Å². The summed E-state index contributed by atoms with van der Waals surface area (Å²) in [4.78, 5) is 36.5. The van der Waals surface area contributed by atoms with Crippen LogP contribution in [0.2, 0.25) is 5.02 Å². The molecule has 0 spiro atoms. The second-order valence-electron chi connectivity index (χ2n) is 7.27. The highest BCUT2D eigenvalue weighted by atomic mass is 35.5. The van der Waals surface area contributed by atoms with Gasteiger partial charge < -0.3 is 10.1 Å². The molecule has 1 aromatic heterocycles. The quantitative estimate of drug-likeness (QED) is 0.398. The molecule has 0 fully saturated rings. The van der Waals surface area contributed by atoms with Crippen LogP contribution < -0.4 is 5.32 Å². The molecule has 1 amide bonds. The third-order valence-electron chi connectivity index (χ3n) is 5.01. The highest BCUT2D eigenvalue weighted by molar-refractivity contribution is 6.31. The van der Waals surface area contributed by atoms with Gasteiger partial charge >= 0.3 is 5.97 Å². The lowest BCUT2D eigenvalue weighted by molar-refractivity contribution is -0.115. The Morgan fingerprint density at radius 3 is 2.41 bits per heavy atom. The summed E-state index contributed by atoms with van der Waals surface area (Å²) >= 11 is 6.23. The number of amides is 1. The first-order valence-electron chi connectivity index (χ1n) is 10.2. The van der Waals surface area contributed by atoms with E-state index in [0.717, 1.165) is 5.56 Å². The number of benzene rings is 2. The number of nitrogens with one attached hydrogen (secondary N) is 1. The third-order valence-corrected chi connectivity index (χ3v) is 5.38. The molecule has 0 saturated heterocycles. The van der Waals surface area contributed by atoms with E-state index < -0.39 is 12.6 Å². The summed E-state index contributed by atoms with van der Waals surface area (Å²) in [6, 6.07) is 13.9. The number of carbonyl (C=O) groups is 3. The molecule has 0 saturated carbocycles. The van der Waals surface area contributed by atoms with Crippen LogP contribution in [-0.2, 0) is 16.1 Å². The first-order chi connectivity index (χ1) is 15.3. The molecule has 0 aliphatic heterocycles. The number of rotatable bonds is 8. The normalized spacial score (nSPS) is 10.6. The molecule has 1 N–H and O–H groups in total. The number of nitrogens with zero attached hydrogens (tertiary/aromatic N) is 2. The molecule has 166 valence electrons. The van der Waals surface area contributed by atoms with E-state index in [9.17, 15) is 14.4 Å². The molecule has 0 atom stereocenters. The number of aromatic nitrogens is 2. The minimum Gasteiger partial charge on any atom is -0.454 e. The summed E-state index contributed by atoms with van der Waals surface area (Å²) in [6.07, 6.45) is 0.366. The number of ketones is 1. The predicted octanol–water partition coefficient (Wildman–Crippen LogP) is 4.59. The molecule has 0 aliphatic carbocycles. The van der Waals surface area contributed by atoms with Crippen molar-refractivity contribution in [1.82, 2.24) is 9.78 Å². The molecule has 1 heterocycles. The second-order valence-corrected chi connectivity index (χ2v) is 7.68. The standard InChI is InChI=1S/C24H24ClN3O4/c1-4-22(30)26-19-11-9-17(10-12-19)21(29)14-32-24(31)23-15(2)27-28(16(23)3)13-18-7-5-6-8-20(18)25/h5-12H,4,13-14H2,1-3H3,(H,26,30). The Hall–Kier alpha value is -3.45. The molecule has 2 aromatic carbocycles. The van der Waals surface area contributed by atoms with Gasteiger partial charge in [0.15, 0.2) is 12.4 Å². The molecule has 0 bridgehead atoms. The Morgan fingerprint density at radius 2 is 1.75 bits per heavy atom. The van der Waals surface area contributed by atoms with Gasteiger partial charge in [0.25, 0.3) is 0 Å². The van der Waals surface area contributed by atoms with Crippen molar-refractivity contribution in [2.45, 2.75) is 33.7 Å². The van der Waals surface area contributed by atoms with E-state index in [1.165, 1.54) is 0 Å². The maximum atomic E-state index is 12.7. The number of anilines is 1. The van der Waals surface area contributed by atoms with Gasteiger partial charge in [-0.25, -0.2) is 4.79 Å². The minimum absolute atomic E-state index is 0.112. The fraction of sp³-hybridized carbons (Fsp3) is 0.250. The van der Waals surface area contributed by atoms with E-state index in [4.69, 9.17) is 16.3 Å². The fourth-order valence-electron chi connectivity index (χ4n) is 3.21. The fourth-order valence-corrected chi connectivity index (χ4v) is 3.41. The van der Waals surface area contributed by atoms with Gasteiger partial charge in [-0.3, -0.25) is 14.3 Å². The van der Waals surface area contributed by atoms with Gasteiger partial charge in [0.1, 0.15) is 5.56 Å². The molecule has 0 radical (unpaired) electrons. The SMILES string of the molecule is CCC(=O)Nc1ccc(C(=O)COC(=O)c2c(C)nn(Cc3ccccc3Cl)c2C)cc1. The number of ether oxygens (including phenoxy) is 1. The van der Waals surface area contributed by atoms with E-state index in [0.29, 0.717) is 46.2 Å². The monoisotopic (exact) mass is 453 g/mol. The smallest absolute Gasteiger partial charge is 0.342 e. The number of Topliss-reactive ketones (excluding diaryl/α,β-unsaturated/α-hetero) is 1. The zero-order valence-corrected chi connectivity index (χ0v) is 18.9. The van der Waals surface area contributed by atoms with E-state index in [-0.39, 0.29) is 11.7 Å². The number of hydrogen-bond donors (Lipinski definition) is 1. The zero-order chi connectivity index (χ0) is 23.3. The predicted molar refractivity (Wildman–Crippen MR) is 122 cm³/mol. The van der Waals surface area contributed by atoms with Crippen molar-refractivity contribution in [3.63, 3.8) is 0 Å². The van der Waals surface area contributed by atoms with E-state index in [1.54, 1.807) is 55.8 Å². The number of carbonyl (C=O) groups excluding carboxylic acids is 3. The van der Waals surface area contributed by atoms with Crippen LogP contribution in [-0.4, -0.2) is 34.0 Å². The van der Waals surface area contributed by atoms with Crippen molar-refractivity contribution >= 4 is 34.9 Å². The van der Waals surface area contributed by atoms with Crippen LogP contribution in [0.3, 0.4) is 0 Å². The summed E-state index contributed by atoms with van der Waals surface area (Å²) in [5, 5.41) is 7.76. The molecular weight excluding hydrogens is 430 g/mol. The maximum absolute atomic E-state index is 12.7. The Bertz CT molecular complexity index is 1150. The third kappa shape index (κ3) is 5.42. The van der Waals surface area contributed by atoms with Crippen molar-refractivity contribution in [3.8, 4) is 0 Å². The van der Waals surface area contributed by atoms with Crippen LogP contribution in [0.1, 0.15) is 51.0 Å². The van der Waals surface area contributed by atoms with Gasteiger partial charge in [-0.2, -0.15) is 5.10 Å². The average Bonchev–Trinajstić information content (AvgIpc) is 3.06. The second kappa shape index (κ2) is 10.2. The molecule has 7 nitrogen and oxygen atoms in total. The average molecular weight is 454 g/mol. The van der Waals surface area contributed by atoms with Crippen molar-refractivity contribution in [2.24, 2.45) is 0 Å². The van der Waals surface area contributed by atoms with E-state index in [2.05, 4.69) is 10.4 Å². The largest absolute Gasteiger partial charge is 0.454 e. The van der Waals surface area contributed by atoms with Crippen LogP contribution in [0.4, 0.5) is 5.69 Å². The molecule has 8 heteroatoms. The Morgan fingerprint density at radius 1 is 1.06 bits per heavy atom. The number of esters is 1. The van der Waals surface area contributed by atoms with Crippen molar-refractivity contribution in [1.29, 1.82) is 0 Å². The number of hydrogen-bond acceptors (Lipinski definition) is 5. The van der Waals surface area contributed by atoms with Crippen LogP contribution in [0.15, 0.2) is 48.5 Å². The van der Waals surface area contributed by atoms with Crippen molar-refractivity contribution in [3.05, 3.63) is 81.6 Å². The highest BCUT2D eigenvalue weighted by Gasteiger charge is 2.21. The molecule has 3 rings (SSSR count). The first-order valence-corrected chi connectivity index (χ1v) is 10.6. The van der Waals surface area contributed by atoms with Crippen molar-refractivity contribution in [2.75, 3.05) is 11.9 Å². The topological polar surface area (TPSA) is 90.3 Å². The van der Waals surface area contributed by atoms with Gasteiger partial charge in [0.2, 0.25) is 5.91 Å². The van der Waals surface area contributed by atoms with Gasteiger partial charge in [0.05, 0.1) is 17.9 Å².